The van der Waals surface area contributed by atoms with Crippen LogP contribution in [0.1, 0.15) is 32.4 Å². The molecular formula is C18H25N5O3S. The van der Waals surface area contributed by atoms with Gasteiger partial charge < -0.3 is 20.4 Å². The normalized spacial score (nSPS) is 16.5. The molecule has 0 bridgehead atoms. The Morgan fingerprint density at radius 2 is 1.93 bits per heavy atom. The Morgan fingerprint density at radius 1 is 1.30 bits per heavy atom. The quantitative estimate of drug-likeness (QED) is 0.437. The molecule has 0 unspecified atom stereocenters. The zero-order chi connectivity index (χ0) is 20.3. The number of anilines is 1. The molecule has 0 saturated carbocycles. The summed E-state index contributed by atoms with van der Waals surface area (Å²) < 4.78 is 0. The highest BCUT2D eigenvalue weighted by Crippen LogP contribution is 2.34. The number of likely N-dealkylation sites (N-methyl/N-ethyl adjacent to an activating group) is 1. The summed E-state index contributed by atoms with van der Waals surface area (Å²) in [5, 5.41) is 18.0. The van der Waals surface area contributed by atoms with Gasteiger partial charge in [0.05, 0.1) is 16.5 Å². The van der Waals surface area contributed by atoms with Gasteiger partial charge in [0.1, 0.15) is 5.69 Å². The Hall–Kier alpha value is -2.68. The van der Waals surface area contributed by atoms with Crippen molar-refractivity contribution in [2.45, 2.75) is 26.8 Å². The van der Waals surface area contributed by atoms with Gasteiger partial charge in [0.25, 0.3) is 11.6 Å². The lowest BCUT2D eigenvalue weighted by molar-refractivity contribution is -0.384. The second kappa shape index (κ2) is 8.34. The van der Waals surface area contributed by atoms with Gasteiger partial charge >= 0.3 is 0 Å². The Morgan fingerprint density at radius 3 is 2.44 bits per heavy atom. The second-order valence-electron chi connectivity index (χ2n) is 6.45. The third-order valence-electron chi connectivity index (χ3n) is 4.56. The molecule has 0 spiro atoms. The van der Waals surface area contributed by atoms with E-state index in [-0.39, 0.29) is 11.6 Å². The number of benzene rings is 1. The first-order valence-electron chi connectivity index (χ1n) is 8.74. The summed E-state index contributed by atoms with van der Waals surface area (Å²) in [5.41, 5.74) is 2.26. The van der Waals surface area contributed by atoms with Crippen molar-refractivity contribution in [2.75, 3.05) is 32.1 Å². The highest BCUT2D eigenvalue weighted by atomic mass is 32.1. The number of amides is 1. The molecule has 0 fully saturated rings. The third-order valence-corrected chi connectivity index (χ3v) is 4.78. The first kappa shape index (κ1) is 20.6. The van der Waals surface area contributed by atoms with E-state index in [1.54, 1.807) is 43.0 Å². The molecule has 1 aliphatic heterocycles. The Kier molecular flexibility index (Phi) is 6.37. The fraction of sp³-hybridized carbons (Fsp3) is 0.444. The van der Waals surface area contributed by atoms with Gasteiger partial charge in [-0.25, -0.2) is 0 Å². The summed E-state index contributed by atoms with van der Waals surface area (Å²) in [6.45, 7) is 6.76. The number of nitro benzene ring substituents is 1. The Balaban J connectivity index is 2.58. The summed E-state index contributed by atoms with van der Waals surface area (Å²) in [5.74, 6) is -0.121. The van der Waals surface area contributed by atoms with Crippen LogP contribution >= 0.6 is 12.2 Å². The van der Waals surface area contributed by atoms with Crippen molar-refractivity contribution in [3.63, 3.8) is 0 Å². The Bertz CT molecular complexity index is 802. The number of thiocarbonyl (C=S) groups is 1. The number of carbonyl (C=O) groups excluding carboxylic acids is 1. The number of allylic oxidation sites excluding steroid dienone is 1. The first-order valence-corrected chi connectivity index (χ1v) is 9.15. The van der Waals surface area contributed by atoms with Gasteiger partial charge in [-0.05, 0) is 44.6 Å². The van der Waals surface area contributed by atoms with Gasteiger partial charge in [-0.3, -0.25) is 14.9 Å². The number of rotatable bonds is 6. The third kappa shape index (κ3) is 4.19. The summed E-state index contributed by atoms with van der Waals surface area (Å²) in [6, 6.07) is 4.43. The van der Waals surface area contributed by atoms with Gasteiger partial charge in [0.15, 0.2) is 5.11 Å². The van der Waals surface area contributed by atoms with Crippen molar-refractivity contribution in [3.8, 4) is 0 Å². The number of nitrogens with zero attached hydrogens (tertiary/aromatic N) is 3. The first-order chi connectivity index (χ1) is 12.7. The van der Waals surface area contributed by atoms with Crippen LogP contribution in [-0.2, 0) is 4.79 Å². The molecule has 27 heavy (non-hydrogen) atoms. The molecule has 0 radical (unpaired) electrons. The molecule has 9 heteroatoms. The molecule has 0 aromatic heterocycles. The minimum absolute atomic E-state index is 0.0176. The number of hydrogen-bond acceptors (Lipinski definition) is 5. The van der Waals surface area contributed by atoms with Gasteiger partial charge in [-0.1, -0.05) is 6.07 Å². The molecular weight excluding hydrogens is 366 g/mol. The average molecular weight is 391 g/mol. The van der Waals surface area contributed by atoms with Crippen molar-refractivity contribution in [1.29, 1.82) is 0 Å². The molecule has 146 valence electrons. The van der Waals surface area contributed by atoms with E-state index in [1.807, 2.05) is 13.8 Å². The monoisotopic (exact) mass is 391 g/mol. The van der Waals surface area contributed by atoms with E-state index in [9.17, 15) is 14.9 Å². The van der Waals surface area contributed by atoms with Crippen LogP contribution < -0.4 is 15.5 Å². The summed E-state index contributed by atoms with van der Waals surface area (Å²) in [7, 11) is 3.50. The van der Waals surface area contributed by atoms with Crippen molar-refractivity contribution >= 4 is 34.6 Å². The lowest BCUT2D eigenvalue weighted by Gasteiger charge is -2.33. The predicted octanol–water partition coefficient (Wildman–Crippen LogP) is 2.32. The summed E-state index contributed by atoms with van der Waals surface area (Å²) >= 11 is 5.25. The maximum absolute atomic E-state index is 13.1. The SMILES string of the molecule is CCN(CC)C(=O)C1=C(C)NC(=S)N[C@@H]1c1ccc(N(C)C)c([N+](=O)[O-])c1. The summed E-state index contributed by atoms with van der Waals surface area (Å²) in [4.78, 5) is 27.6. The number of nitro groups is 1. The van der Waals surface area contributed by atoms with Gasteiger partial charge in [-0.15, -0.1) is 0 Å². The predicted molar refractivity (Wildman–Crippen MR) is 110 cm³/mol. The topological polar surface area (TPSA) is 90.8 Å². The maximum atomic E-state index is 13.1. The fourth-order valence-electron chi connectivity index (χ4n) is 3.15. The smallest absolute Gasteiger partial charge is 0.292 e. The van der Waals surface area contributed by atoms with Gasteiger partial charge in [0.2, 0.25) is 0 Å². The van der Waals surface area contributed by atoms with Crippen LogP contribution in [0.4, 0.5) is 11.4 Å². The van der Waals surface area contributed by atoms with E-state index >= 15 is 0 Å². The molecule has 0 aliphatic carbocycles. The van der Waals surface area contributed by atoms with Crippen LogP contribution in [0.5, 0.6) is 0 Å². The molecule has 1 heterocycles. The minimum Gasteiger partial charge on any atom is -0.372 e. The molecule has 1 aliphatic rings. The van der Waals surface area contributed by atoms with Crippen molar-refractivity contribution < 1.29 is 9.72 Å². The van der Waals surface area contributed by atoms with E-state index in [4.69, 9.17) is 12.2 Å². The minimum atomic E-state index is -0.554. The lowest BCUT2D eigenvalue weighted by Crippen LogP contribution is -2.47. The molecule has 1 aromatic rings. The molecule has 8 nitrogen and oxygen atoms in total. The van der Waals surface area contributed by atoms with E-state index < -0.39 is 11.0 Å². The number of carbonyl (C=O) groups is 1. The zero-order valence-corrected chi connectivity index (χ0v) is 17.0. The van der Waals surface area contributed by atoms with Crippen LogP contribution in [0.15, 0.2) is 29.5 Å². The number of hydrogen-bond donors (Lipinski definition) is 2. The van der Waals surface area contributed by atoms with Gasteiger partial charge in [-0.2, -0.15) is 0 Å². The van der Waals surface area contributed by atoms with Crippen molar-refractivity contribution in [1.82, 2.24) is 15.5 Å². The van der Waals surface area contributed by atoms with E-state index in [0.29, 0.717) is 40.7 Å². The molecule has 0 saturated heterocycles. The average Bonchev–Trinajstić information content (AvgIpc) is 2.61. The highest BCUT2D eigenvalue weighted by molar-refractivity contribution is 7.80. The van der Waals surface area contributed by atoms with Crippen molar-refractivity contribution in [2.24, 2.45) is 0 Å². The molecule has 1 aromatic carbocycles. The maximum Gasteiger partial charge on any atom is 0.292 e. The zero-order valence-electron chi connectivity index (χ0n) is 16.2. The van der Waals surface area contributed by atoms with Gasteiger partial charge in [0, 0.05) is 38.9 Å². The highest BCUT2D eigenvalue weighted by Gasteiger charge is 2.33. The van der Waals surface area contributed by atoms with Crippen LogP contribution in [0, 0.1) is 10.1 Å². The molecule has 1 atom stereocenters. The number of nitrogens with one attached hydrogen (secondary N) is 2. The van der Waals surface area contributed by atoms with E-state index in [1.165, 1.54) is 6.07 Å². The molecule has 2 N–H and O–H groups in total. The lowest BCUT2D eigenvalue weighted by atomic mass is 9.93. The largest absolute Gasteiger partial charge is 0.372 e. The van der Waals surface area contributed by atoms with Crippen LogP contribution in [-0.4, -0.2) is 48.0 Å². The second-order valence-corrected chi connectivity index (χ2v) is 6.86. The van der Waals surface area contributed by atoms with Crippen LogP contribution in [0.2, 0.25) is 0 Å². The van der Waals surface area contributed by atoms with Crippen LogP contribution in [0.25, 0.3) is 0 Å². The fourth-order valence-corrected chi connectivity index (χ4v) is 3.42. The summed E-state index contributed by atoms with van der Waals surface area (Å²) in [6.07, 6.45) is 0. The Labute approximate surface area is 164 Å². The standard InChI is InChI=1S/C18H25N5O3S/c1-6-22(7-2)17(24)15-11(3)19-18(27)20-16(15)12-8-9-13(21(4)5)14(10-12)23(25)26/h8-10,16H,6-7H2,1-5H3,(H2,19,20,27)/t16-/m1/s1. The van der Waals surface area contributed by atoms with Crippen LogP contribution in [0.3, 0.4) is 0 Å². The molecule has 1 amide bonds. The van der Waals surface area contributed by atoms with Crippen molar-refractivity contribution in [3.05, 3.63) is 45.1 Å². The molecule has 2 rings (SSSR count). The van der Waals surface area contributed by atoms with E-state index in [2.05, 4.69) is 10.6 Å². The van der Waals surface area contributed by atoms with E-state index in [0.717, 1.165) is 0 Å².